The number of hydrogen-bond acceptors (Lipinski definition) is 6. The molecule has 1 saturated heterocycles. The van der Waals surface area contributed by atoms with Gasteiger partial charge in [0.15, 0.2) is 0 Å². The van der Waals surface area contributed by atoms with Crippen molar-refractivity contribution in [2.45, 2.75) is 12.6 Å². The van der Waals surface area contributed by atoms with Gasteiger partial charge < -0.3 is 5.11 Å². The minimum Gasteiger partial charge on any atom is -0.389 e. The third kappa shape index (κ3) is 2.15. The van der Waals surface area contributed by atoms with Gasteiger partial charge in [-0.2, -0.15) is 5.06 Å². The molecule has 72 valence electrons. The summed E-state index contributed by atoms with van der Waals surface area (Å²) in [6, 6.07) is 0. The van der Waals surface area contributed by atoms with E-state index >= 15 is 0 Å². The lowest BCUT2D eigenvalue weighted by Gasteiger charge is -2.10. The highest BCUT2D eigenvalue weighted by molar-refractivity contribution is 7.10. The van der Waals surface area contributed by atoms with Crippen molar-refractivity contribution in [2.24, 2.45) is 0 Å². The van der Waals surface area contributed by atoms with Crippen LogP contribution in [-0.2, 0) is 11.4 Å². The van der Waals surface area contributed by atoms with Crippen LogP contribution in [0.25, 0.3) is 0 Å². The van der Waals surface area contributed by atoms with Crippen molar-refractivity contribution in [1.29, 1.82) is 0 Å². The van der Waals surface area contributed by atoms with Crippen LogP contribution >= 0.6 is 23.1 Å². The standard InChI is InChI=1S/C6H8ClN3O2S/c7-6-5(8-9-13-6)2-10-1-4(11)3-12-10/h4,11H,1-3H2. The first-order valence-electron chi connectivity index (χ1n) is 3.78. The molecule has 0 aliphatic carbocycles. The molecule has 2 rings (SSSR count). The minimum absolute atomic E-state index is 0.342. The van der Waals surface area contributed by atoms with Crippen LogP contribution in [0.15, 0.2) is 0 Å². The molecule has 0 bridgehead atoms. The molecule has 1 fully saturated rings. The van der Waals surface area contributed by atoms with E-state index in [-0.39, 0.29) is 0 Å². The molecule has 5 nitrogen and oxygen atoms in total. The molecule has 0 spiro atoms. The lowest BCUT2D eigenvalue weighted by molar-refractivity contribution is -0.118. The predicted octanol–water partition coefficient (Wildman–Crippen LogP) is 0.300. The number of aromatic nitrogens is 2. The Morgan fingerprint density at radius 1 is 1.77 bits per heavy atom. The molecule has 1 unspecified atom stereocenters. The predicted molar refractivity (Wildman–Crippen MR) is 47.3 cm³/mol. The number of hydrogen-bond donors (Lipinski definition) is 1. The summed E-state index contributed by atoms with van der Waals surface area (Å²) in [5.41, 5.74) is 0.695. The van der Waals surface area contributed by atoms with E-state index in [1.54, 1.807) is 5.06 Å². The van der Waals surface area contributed by atoms with Crippen molar-refractivity contribution in [2.75, 3.05) is 13.2 Å². The van der Waals surface area contributed by atoms with Crippen LogP contribution in [0.1, 0.15) is 5.69 Å². The Morgan fingerprint density at radius 3 is 3.15 bits per heavy atom. The maximum Gasteiger partial charge on any atom is 0.138 e. The summed E-state index contributed by atoms with van der Waals surface area (Å²) in [7, 11) is 0. The topological polar surface area (TPSA) is 58.5 Å². The van der Waals surface area contributed by atoms with E-state index in [4.69, 9.17) is 21.5 Å². The molecule has 0 radical (unpaired) electrons. The summed E-state index contributed by atoms with van der Waals surface area (Å²) in [5, 5.41) is 14.6. The zero-order valence-electron chi connectivity index (χ0n) is 6.68. The molecule has 1 aliphatic rings. The van der Waals surface area contributed by atoms with E-state index in [2.05, 4.69) is 9.59 Å². The number of aliphatic hydroxyl groups is 1. The lowest BCUT2D eigenvalue weighted by atomic mass is 10.4. The van der Waals surface area contributed by atoms with Gasteiger partial charge in [-0.1, -0.05) is 16.1 Å². The monoisotopic (exact) mass is 221 g/mol. The molecule has 2 heterocycles. The van der Waals surface area contributed by atoms with Gasteiger partial charge in [0, 0.05) is 11.5 Å². The molecule has 1 aromatic rings. The van der Waals surface area contributed by atoms with E-state index in [0.29, 0.717) is 29.7 Å². The van der Waals surface area contributed by atoms with Crippen LogP contribution in [0.5, 0.6) is 0 Å². The van der Waals surface area contributed by atoms with Crippen LogP contribution in [-0.4, -0.2) is 39.0 Å². The molecule has 0 amide bonds. The highest BCUT2D eigenvalue weighted by Gasteiger charge is 2.23. The second-order valence-corrected chi connectivity index (χ2v) is 4.12. The van der Waals surface area contributed by atoms with Crippen LogP contribution in [0.3, 0.4) is 0 Å². The maximum absolute atomic E-state index is 9.16. The van der Waals surface area contributed by atoms with Gasteiger partial charge in [0.05, 0.1) is 25.8 Å². The Bertz CT molecular complexity index is 295. The molecule has 7 heteroatoms. The third-order valence-corrected chi connectivity index (χ3v) is 2.68. The van der Waals surface area contributed by atoms with Crippen LogP contribution in [0, 0.1) is 0 Å². The summed E-state index contributed by atoms with van der Waals surface area (Å²) in [6.45, 7) is 1.31. The van der Waals surface area contributed by atoms with E-state index < -0.39 is 6.10 Å². The SMILES string of the molecule is OC1CON(Cc2nnsc2Cl)C1. The van der Waals surface area contributed by atoms with Gasteiger partial charge >= 0.3 is 0 Å². The van der Waals surface area contributed by atoms with E-state index in [0.717, 1.165) is 11.5 Å². The number of hydroxylamine groups is 2. The minimum atomic E-state index is -0.412. The fourth-order valence-corrected chi connectivity index (χ4v) is 1.71. The molecule has 1 atom stereocenters. The number of nitrogens with zero attached hydrogens (tertiary/aromatic N) is 3. The third-order valence-electron chi connectivity index (χ3n) is 1.70. The zero-order valence-corrected chi connectivity index (χ0v) is 8.25. The van der Waals surface area contributed by atoms with Gasteiger partial charge in [0.2, 0.25) is 0 Å². The lowest BCUT2D eigenvalue weighted by Crippen LogP contribution is -2.20. The molecule has 1 N–H and O–H groups in total. The van der Waals surface area contributed by atoms with Crippen molar-refractivity contribution < 1.29 is 9.94 Å². The van der Waals surface area contributed by atoms with Gasteiger partial charge in [-0.25, -0.2) is 0 Å². The first-order valence-corrected chi connectivity index (χ1v) is 4.93. The molecule has 1 aliphatic heterocycles. The van der Waals surface area contributed by atoms with Gasteiger partial charge in [-0.3, -0.25) is 4.84 Å². The summed E-state index contributed by atoms with van der Waals surface area (Å²) in [6.07, 6.45) is -0.412. The zero-order chi connectivity index (χ0) is 9.26. The summed E-state index contributed by atoms with van der Waals surface area (Å²) < 4.78 is 4.27. The summed E-state index contributed by atoms with van der Waals surface area (Å²) in [5.74, 6) is 0. The van der Waals surface area contributed by atoms with Gasteiger partial charge in [-0.15, -0.1) is 5.10 Å². The molecule has 1 aromatic heterocycles. The number of halogens is 1. The van der Waals surface area contributed by atoms with Gasteiger partial charge in [0.1, 0.15) is 10.0 Å². The van der Waals surface area contributed by atoms with Gasteiger partial charge in [0.25, 0.3) is 0 Å². The second kappa shape index (κ2) is 3.85. The van der Waals surface area contributed by atoms with E-state index in [1.165, 1.54) is 0 Å². The maximum atomic E-state index is 9.16. The van der Waals surface area contributed by atoms with Crippen LogP contribution in [0.2, 0.25) is 4.34 Å². The molecule has 13 heavy (non-hydrogen) atoms. The molecule has 0 saturated carbocycles. The fourth-order valence-electron chi connectivity index (χ4n) is 1.10. The normalized spacial score (nSPS) is 24.0. The molecular formula is C6H8ClN3O2S. The Morgan fingerprint density at radius 2 is 2.62 bits per heavy atom. The van der Waals surface area contributed by atoms with E-state index in [9.17, 15) is 0 Å². The Hall–Kier alpha value is -0.270. The summed E-state index contributed by atoms with van der Waals surface area (Å²) in [4.78, 5) is 5.16. The molecular weight excluding hydrogens is 214 g/mol. The largest absolute Gasteiger partial charge is 0.389 e. The number of β-amino-alcohol motifs (C(OH)–C–C–N with tert-alkyl or cyclic N) is 1. The second-order valence-electron chi connectivity index (χ2n) is 2.77. The Balaban J connectivity index is 1.95. The van der Waals surface area contributed by atoms with Gasteiger partial charge in [-0.05, 0) is 0 Å². The average molecular weight is 222 g/mol. The fraction of sp³-hybridized carbons (Fsp3) is 0.667. The summed E-state index contributed by atoms with van der Waals surface area (Å²) >= 11 is 6.95. The number of rotatable bonds is 2. The van der Waals surface area contributed by atoms with Crippen molar-refractivity contribution >= 4 is 23.1 Å². The Kier molecular flexibility index (Phi) is 2.75. The number of aliphatic hydroxyl groups excluding tert-OH is 1. The van der Waals surface area contributed by atoms with Crippen molar-refractivity contribution in [3.63, 3.8) is 0 Å². The smallest absolute Gasteiger partial charge is 0.138 e. The average Bonchev–Trinajstić information content (AvgIpc) is 2.64. The van der Waals surface area contributed by atoms with Crippen molar-refractivity contribution in [1.82, 2.24) is 14.7 Å². The highest BCUT2D eigenvalue weighted by Crippen LogP contribution is 2.20. The van der Waals surface area contributed by atoms with E-state index in [1.807, 2.05) is 0 Å². The van der Waals surface area contributed by atoms with Crippen LogP contribution in [0.4, 0.5) is 0 Å². The Labute approximate surface area is 84.0 Å². The highest BCUT2D eigenvalue weighted by atomic mass is 35.5. The van der Waals surface area contributed by atoms with Crippen molar-refractivity contribution in [3.05, 3.63) is 10.0 Å². The quantitative estimate of drug-likeness (QED) is 0.779. The molecule has 0 aromatic carbocycles. The first-order chi connectivity index (χ1) is 6.25. The van der Waals surface area contributed by atoms with Crippen LogP contribution < -0.4 is 0 Å². The first kappa shape index (κ1) is 9.29. The van der Waals surface area contributed by atoms with Crippen molar-refractivity contribution in [3.8, 4) is 0 Å².